The zero-order valence-electron chi connectivity index (χ0n) is 6.49. The fourth-order valence-electron chi connectivity index (χ4n) is 1.12. The smallest absolute Gasteiger partial charge is 0.177 e. The van der Waals surface area contributed by atoms with Crippen LogP contribution in [0.1, 0.15) is 5.82 Å². The number of hydrogen-bond donors (Lipinski definition) is 2. The predicted molar refractivity (Wildman–Crippen MR) is 44.7 cm³/mol. The summed E-state index contributed by atoms with van der Waals surface area (Å²) in [6, 6.07) is 3.76. The summed E-state index contributed by atoms with van der Waals surface area (Å²) in [7, 11) is 0. The molecular weight excluding hydrogens is 154 g/mol. The molecule has 0 aliphatic heterocycles. The van der Waals surface area contributed by atoms with E-state index >= 15 is 0 Å². The van der Waals surface area contributed by atoms with Crippen molar-refractivity contribution in [3.63, 3.8) is 0 Å². The van der Waals surface area contributed by atoms with E-state index in [1.807, 2.05) is 12.1 Å². The predicted octanol–water partition coefficient (Wildman–Crippen LogP) is 0.493. The van der Waals surface area contributed by atoms with Gasteiger partial charge in [0.05, 0.1) is 12.1 Å². The first-order valence-corrected chi connectivity index (χ1v) is 3.80. The Morgan fingerprint density at radius 2 is 2.42 bits per heavy atom. The molecule has 4 nitrogen and oxygen atoms in total. The van der Waals surface area contributed by atoms with Crippen molar-refractivity contribution in [3.8, 4) is 0 Å². The second kappa shape index (κ2) is 2.91. The lowest BCUT2D eigenvalue weighted by atomic mass is 10.4. The number of aliphatic hydroxyl groups excluding tert-OH is 1. The summed E-state index contributed by atoms with van der Waals surface area (Å²) < 4.78 is 0. The third-order valence-corrected chi connectivity index (χ3v) is 1.66. The van der Waals surface area contributed by atoms with Crippen molar-refractivity contribution in [2.24, 2.45) is 0 Å². The van der Waals surface area contributed by atoms with Gasteiger partial charge in [0.1, 0.15) is 5.82 Å². The molecular formula is C8H9N3O. The highest BCUT2D eigenvalue weighted by Gasteiger charge is 2.00. The third-order valence-electron chi connectivity index (χ3n) is 1.66. The lowest BCUT2D eigenvalue weighted by Gasteiger charge is -1.86. The SMILES string of the molecule is OCCc1nc2ncccc2[nH]1. The first-order chi connectivity index (χ1) is 5.90. The van der Waals surface area contributed by atoms with E-state index in [9.17, 15) is 0 Å². The summed E-state index contributed by atoms with van der Waals surface area (Å²) in [5.41, 5.74) is 1.63. The maximum atomic E-state index is 8.66. The second-order valence-corrected chi connectivity index (χ2v) is 2.53. The summed E-state index contributed by atoms with van der Waals surface area (Å²) in [6.45, 7) is 0.111. The molecule has 0 amide bonds. The van der Waals surface area contributed by atoms with E-state index in [1.54, 1.807) is 6.20 Å². The molecule has 2 N–H and O–H groups in total. The van der Waals surface area contributed by atoms with Crippen molar-refractivity contribution < 1.29 is 5.11 Å². The van der Waals surface area contributed by atoms with E-state index in [0.717, 1.165) is 11.3 Å². The zero-order valence-corrected chi connectivity index (χ0v) is 6.49. The first kappa shape index (κ1) is 7.24. The number of aliphatic hydroxyl groups is 1. The Morgan fingerprint density at radius 1 is 1.50 bits per heavy atom. The van der Waals surface area contributed by atoms with Crippen LogP contribution in [-0.4, -0.2) is 26.7 Å². The number of fused-ring (bicyclic) bond motifs is 1. The molecule has 0 spiro atoms. The largest absolute Gasteiger partial charge is 0.396 e. The lowest BCUT2D eigenvalue weighted by molar-refractivity contribution is 0.297. The Balaban J connectivity index is 2.47. The number of aromatic nitrogens is 3. The Morgan fingerprint density at radius 3 is 3.17 bits per heavy atom. The van der Waals surface area contributed by atoms with Crippen LogP contribution in [-0.2, 0) is 6.42 Å². The lowest BCUT2D eigenvalue weighted by Crippen LogP contribution is -1.91. The first-order valence-electron chi connectivity index (χ1n) is 3.80. The van der Waals surface area contributed by atoms with E-state index in [-0.39, 0.29) is 6.61 Å². The van der Waals surface area contributed by atoms with Gasteiger partial charge in [0.2, 0.25) is 0 Å². The van der Waals surface area contributed by atoms with E-state index in [0.29, 0.717) is 12.1 Å². The molecule has 0 fully saturated rings. The summed E-state index contributed by atoms with van der Waals surface area (Å²) in [5.74, 6) is 0.784. The van der Waals surface area contributed by atoms with Gasteiger partial charge in [-0.2, -0.15) is 0 Å². The Labute approximate surface area is 69.3 Å². The van der Waals surface area contributed by atoms with Crippen molar-refractivity contribution in [1.29, 1.82) is 0 Å². The van der Waals surface area contributed by atoms with Crippen molar-refractivity contribution in [1.82, 2.24) is 15.0 Å². The van der Waals surface area contributed by atoms with Crippen LogP contribution in [0.4, 0.5) is 0 Å². The van der Waals surface area contributed by atoms with Gasteiger partial charge < -0.3 is 10.1 Å². The Bertz CT molecular complexity index is 349. The minimum Gasteiger partial charge on any atom is -0.396 e. The van der Waals surface area contributed by atoms with Crippen molar-refractivity contribution in [2.45, 2.75) is 6.42 Å². The van der Waals surface area contributed by atoms with Gasteiger partial charge in [0, 0.05) is 12.6 Å². The minimum atomic E-state index is 0.111. The molecule has 2 aromatic heterocycles. The Hall–Kier alpha value is -1.42. The van der Waals surface area contributed by atoms with E-state index in [4.69, 9.17) is 5.11 Å². The number of aromatic amines is 1. The van der Waals surface area contributed by atoms with Crippen LogP contribution in [0.2, 0.25) is 0 Å². The third kappa shape index (κ3) is 1.16. The van der Waals surface area contributed by atoms with Gasteiger partial charge in [-0.1, -0.05) is 0 Å². The number of rotatable bonds is 2. The molecule has 4 heteroatoms. The summed E-state index contributed by atoms with van der Waals surface area (Å²) in [6.07, 6.45) is 2.25. The van der Waals surface area contributed by atoms with Gasteiger partial charge in [-0.3, -0.25) is 0 Å². The van der Waals surface area contributed by atoms with E-state index in [1.165, 1.54) is 0 Å². The van der Waals surface area contributed by atoms with Gasteiger partial charge in [0.15, 0.2) is 5.65 Å². The van der Waals surface area contributed by atoms with Crippen LogP contribution < -0.4 is 0 Å². The molecule has 0 bridgehead atoms. The number of pyridine rings is 1. The zero-order chi connectivity index (χ0) is 8.39. The minimum absolute atomic E-state index is 0.111. The molecule has 0 saturated carbocycles. The van der Waals surface area contributed by atoms with Crippen molar-refractivity contribution in [2.75, 3.05) is 6.61 Å². The number of nitrogens with zero attached hydrogens (tertiary/aromatic N) is 2. The quantitative estimate of drug-likeness (QED) is 0.677. The summed E-state index contributed by atoms with van der Waals surface area (Å²) in [4.78, 5) is 11.3. The van der Waals surface area contributed by atoms with E-state index < -0.39 is 0 Å². The molecule has 12 heavy (non-hydrogen) atoms. The van der Waals surface area contributed by atoms with Crippen LogP contribution in [0.5, 0.6) is 0 Å². The maximum Gasteiger partial charge on any atom is 0.177 e. The van der Waals surface area contributed by atoms with Crippen LogP contribution in [0.3, 0.4) is 0 Å². The molecule has 0 radical (unpaired) electrons. The highest BCUT2D eigenvalue weighted by molar-refractivity contribution is 5.69. The standard InChI is InChI=1S/C8H9N3O/c12-5-3-7-10-6-2-1-4-9-8(6)11-7/h1-2,4,12H,3,5H2,(H,9,10,11). The average molecular weight is 163 g/mol. The maximum absolute atomic E-state index is 8.66. The highest BCUT2D eigenvalue weighted by Crippen LogP contribution is 2.06. The van der Waals surface area contributed by atoms with Gasteiger partial charge in [-0.05, 0) is 12.1 Å². The normalized spacial score (nSPS) is 10.8. The number of hydrogen-bond acceptors (Lipinski definition) is 3. The van der Waals surface area contributed by atoms with Gasteiger partial charge >= 0.3 is 0 Å². The van der Waals surface area contributed by atoms with Crippen molar-refractivity contribution in [3.05, 3.63) is 24.2 Å². The van der Waals surface area contributed by atoms with Gasteiger partial charge in [0.25, 0.3) is 0 Å². The molecule has 0 aromatic carbocycles. The monoisotopic (exact) mass is 163 g/mol. The van der Waals surface area contributed by atoms with Crippen LogP contribution in [0, 0.1) is 0 Å². The molecule has 0 unspecified atom stereocenters. The van der Waals surface area contributed by atoms with Gasteiger partial charge in [-0.25, -0.2) is 9.97 Å². The Kier molecular flexibility index (Phi) is 1.75. The molecule has 0 aliphatic carbocycles. The van der Waals surface area contributed by atoms with Gasteiger partial charge in [-0.15, -0.1) is 0 Å². The average Bonchev–Trinajstić information content (AvgIpc) is 2.47. The fourth-order valence-corrected chi connectivity index (χ4v) is 1.12. The number of imidazole rings is 1. The number of H-pyrrole nitrogens is 1. The molecule has 0 aliphatic rings. The van der Waals surface area contributed by atoms with Crippen LogP contribution in [0.15, 0.2) is 18.3 Å². The van der Waals surface area contributed by atoms with Crippen LogP contribution in [0.25, 0.3) is 11.2 Å². The highest BCUT2D eigenvalue weighted by atomic mass is 16.3. The summed E-state index contributed by atoms with van der Waals surface area (Å²) in [5, 5.41) is 8.66. The molecule has 2 heterocycles. The summed E-state index contributed by atoms with van der Waals surface area (Å²) >= 11 is 0. The second-order valence-electron chi connectivity index (χ2n) is 2.53. The molecule has 0 atom stereocenters. The topological polar surface area (TPSA) is 61.8 Å². The fraction of sp³-hybridized carbons (Fsp3) is 0.250. The molecule has 62 valence electrons. The number of nitrogens with one attached hydrogen (secondary N) is 1. The molecule has 2 rings (SSSR count). The van der Waals surface area contributed by atoms with E-state index in [2.05, 4.69) is 15.0 Å². The van der Waals surface area contributed by atoms with Crippen LogP contribution >= 0.6 is 0 Å². The molecule has 0 saturated heterocycles. The molecule has 2 aromatic rings. The van der Waals surface area contributed by atoms with Crippen molar-refractivity contribution >= 4 is 11.2 Å².